The monoisotopic (exact) mass is 283 g/mol. The molecule has 1 unspecified atom stereocenters. The van der Waals surface area contributed by atoms with Crippen LogP contribution in [0.1, 0.15) is 30.6 Å². The third-order valence-corrected chi connectivity index (χ3v) is 3.02. The molecule has 104 valence electrons. The Morgan fingerprint density at radius 2 is 2.05 bits per heavy atom. The predicted octanol–water partition coefficient (Wildman–Crippen LogP) is 2.62. The second-order valence-corrected chi connectivity index (χ2v) is 4.59. The molecule has 0 aliphatic carbocycles. The standard InChI is InChI=1S/C13H18ClN3O2/c1-4-8(2)16-13(19)17-11-7-9(12(18)15-3)5-6-10(11)14/h5-8H,4H2,1-3H3,(H,15,18)(H2,16,17,19). The quantitative estimate of drug-likeness (QED) is 0.795. The molecule has 0 fully saturated rings. The number of anilines is 1. The molecule has 5 nitrogen and oxygen atoms in total. The fourth-order valence-corrected chi connectivity index (χ4v) is 1.56. The molecule has 0 saturated carbocycles. The third-order valence-electron chi connectivity index (χ3n) is 2.69. The fourth-order valence-electron chi connectivity index (χ4n) is 1.39. The van der Waals surface area contributed by atoms with Gasteiger partial charge in [0.05, 0.1) is 10.7 Å². The lowest BCUT2D eigenvalue weighted by atomic mass is 10.2. The average Bonchev–Trinajstić information content (AvgIpc) is 2.40. The van der Waals surface area contributed by atoms with Crippen LogP contribution in [-0.4, -0.2) is 25.0 Å². The van der Waals surface area contributed by atoms with E-state index in [1.165, 1.54) is 6.07 Å². The molecule has 0 bridgehead atoms. The van der Waals surface area contributed by atoms with E-state index in [1.54, 1.807) is 19.2 Å². The first kappa shape index (κ1) is 15.3. The zero-order valence-electron chi connectivity index (χ0n) is 11.2. The molecule has 1 atom stereocenters. The van der Waals surface area contributed by atoms with Gasteiger partial charge in [-0.1, -0.05) is 18.5 Å². The van der Waals surface area contributed by atoms with E-state index in [0.717, 1.165) is 6.42 Å². The molecule has 0 aromatic heterocycles. The van der Waals surface area contributed by atoms with Crippen molar-refractivity contribution < 1.29 is 9.59 Å². The summed E-state index contributed by atoms with van der Waals surface area (Å²) in [4.78, 5) is 23.2. The zero-order chi connectivity index (χ0) is 14.4. The first-order valence-corrected chi connectivity index (χ1v) is 6.44. The van der Waals surface area contributed by atoms with Crippen molar-refractivity contribution in [2.24, 2.45) is 0 Å². The molecule has 3 amide bonds. The number of urea groups is 1. The van der Waals surface area contributed by atoms with Crippen molar-refractivity contribution in [1.29, 1.82) is 0 Å². The van der Waals surface area contributed by atoms with Gasteiger partial charge in [-0.2, -0.15) is 0 Å². The van der Waals surface area contributed by atoms with Crippen LogP contribution < -0.4 is 16.0 Å². The van der Waals surface area contributed by atoms with Crippen LogP contribution in [0.15, 0.2) is 18.2 Å². The summed E-state index contributed by atoms with van der Waals surface area (Å²) in [7, 11) is 1.54. The van der Waals surface area contributed by atoms with E-state index in [1.807, 2.05) is 13.8 Å². The Kier molecular flexibility index (Phi) is 5.63. The average molecular weight is 284 g/mol. The lowest BCUT2D eigenvalue weighted by molar-refractivity contribution is 0.0963. The van der Waals surface area contributed by atoms with E-state index in [4.69, 9.17) is 11.6 Å². The van der Waals surface area contributed by atoms with Gasteiger partial charge in [0.25, 0.3) is 5.91 Å². The summed E-state index contributed by atoms with van der Waals surface area (Å²) in [5.41, 5.74) is 0.842. The number of nitrogens with one attached hydrogen (secondary N) is 3. The van der Waals surface area contributed by atoms with Gasteiger partial charge in [0.1, 0.15) is 0 Å². The van der Waals surface area contributed by atoms with Crippen molar-refractivity contribution in [3.63, 3.8) is 0 Å². The minimum absolute atomic E-state index is 0.0703. The Labute approximate surface area is 117 Å². The molecule has 1 rings (SSSR count). The van der Waals surface area contributed by atoms with Gasteiger partial charge < -0.3 is 16.0 Å². The number of hydrogen-bond acceptors (Lipinski definition) is 2. The van der Waals surface area contributed by atoms with Crippen molar-refractivity contribution in [2.45, 2.75) is 26.3 Å². The Balaban J connectivity index is 2.82. The van der Waals surface area contributed by atoms with Crippen LogP contribution >= 0.6 is 11.6 Å². The van der Waals surface area contributed by atoms with Gasteiger partial charge in [0.15, 0.2) is 0 Å². The molecule has 3 N–H and O–H groups in total. The van der Waals surface area contributed by atoms with Crippen LogP contribution in [0.2, 0.25) is 5.02 Å². The highest BCUT2D eigenvalue weighted by atomic mass is 35.5. The van der Waals surface area contributed by atoms with E-state index in [2.05, 4.69) is 16.0 Å². The van der Waals surface area contributed by atoms with Gasteiger partial charge in [-0.25, -0.2) is 4.79 Å². The Morgan fingerprint density at radius 3 is 2.63 bits per heavy atom. The van der Waals surface area contributed by atoms with E-state index in [-0.39, 0.29) is 18.0 Å². The van der Waals surface area contributed by atoms with Crippen LogP contribution in [0.25, 0.3) is 0 Å². The maximum absolute atomic E-state index is 11.7. The minimum Gasteiger partial charge on any atom is -0.355 e. The molecule has 1 aromatic rings. The second kappa shape index (κ2) is 6.99. The zero-order valence-corrected chi connectivity index (χ0v) is 12.0. The van der Waals surface area contributed by atoms with Crippen LogP contribution in [0.3, 0.4) is 0 Å². The highest BCUT2D eigenvalue weighted by Crippen LogP contribution is 2.23. The van der Waals surface area contributed by atoms with Crippen LogP contribution in [0, 0.1) is 0 Å². The minimum atomic E-state index is -0.342. The van der Waals surface area contributed by atoms with Crippen molar-refractivity contribution in [3.05, 3.63) is 28.8 Å². The van der Waals surface area contributed by atoms with Crippen molar-refractivity contribution in [3.8, 4) is 0 Å². The van der Waals surface area contributed by atoms with E-state index in [9.17, 15) is 9.59 Å². The molecule has 6 heteroatoms. The fraction of sp³-hybridized carbons (Fsp3) is 0.385. The van der Waals surface area contributed by atoms with Crippen molar-refractivity contribution >= 4 is 29.2 Å². The molecular formula is C13H18ClN3O2. The second-order valence-electron chi connectivity index (χ2n) is 4.18. The molecule has 0 spiro atoms. The molecular weight excluding hydrogens is 266 g/mol. The largest absolute Gasteiger partial charge is 0.355 e. The van der Waals surface area contributed by atoms with Gasteiger partial charge in [-0.3, -0.25) is 4.79 Å². The topological polar surface area (TPSA) is 70.2 Å². The van der Waals surface area contributed by atoms with E-state index < -0.39 is 0 Å². The van der Waals surface area contributed by atoms with Gasteiger partial charge in [-0.15, -0.1) is 0 Å². The lowest BCUT2D eigenvalue weighted by Gasteiger charge is -2.13. The van der Waals surface area contributed by atoms with Crippen LogP contribution in [0.4, 0.5) is 10.5 Å². The smallest absolute Gasteiger partial charge is 0.319 e. The summed E-state index contributed by atoms with van der Waals surface area (Å²) in [5.74, 6) is -0.234. The molecule has 1 aromatic carbocycles. The Hall–Kier alpha value is -1.75. The van der Waals surface area contributed by atoms with E-state index >= 15 is 0 Å². The molecule has 0 saturated heterocycles. The van der Waals surface area contributed by atoms with Gasteiger partial charge >= 0.3 is 6.03 Å². The van der Waals surface area contributed by atoms with Gasteiger partial charge in [0.2, 0.25) is 0 Å². The summed E-state index contributed by atoms with van der Waals surface area (Å²) in [5, 5.41) is 8.29. The highest BCUT2D eigenvalue weighted by Gasteiger charge is 2.11. The summed E-state index contributed by atoms with van der Waals surface area (Å²) in [6.07, 6.45) is 0.833. The number of carbonyl (C=O) groups is 2. The van der Waals surface area contributed by atoms with Crippen molar-refractivity contribution in [1.82, 2.24) is 10.6 Å². The number of rotatable bonds is 4. The van der Waals surface area contributed by atoms with Crippen molar-refractivity contribution in [2.75, 3.05) is 12.4 Å². The molecule has 19 heavy (non-hydrogen) atoms. The number of carbonyl (C=O) groups excluding carboxylic acids is 2. The summed E-state index contributed by atoms with van der Waals surface area (Å²) in [6.45, 7) is 3.88. The van der Waals surface area contributed by atoms with Crippen LogP contribution in [0.5, 0.6) is 0 Å². The first-order valence-electron chi connectivity index (χ1n) is 6.07. The summed E-state index contributed by atoms with van der Waals surface area (Å²) < 4.78 is 0. The maximum Gasteiger partial charge on any atom is 0.319 e. The molecule has 0 aliphatic heterocycles. The van der Waals surface area contributed by atoms with Gasteiger partial charge in [0, 0.05) is 18.7 Å². The number of benzene rings is 1. The number of amides is 3. The number of hydrogen-bond donors (Lipinski definition) is 3. The van der Waals surface area contributed by atoms with E-state index in [0.29, 0.717) is 16.3 Å². The predicted molar refractivity (Wildman–Crippen MR) is 76.7 cm³/mol. The SMILES string of the molecule is CCC(C)NC(=O)Nc1cc(C(=O)NC)ccc1Cl. The Bertz CT molecular complexity index is 477. The highest BCUT2D eigenvalue weighted by molar-refractivity contribution is 6.33. The Morgan fingerprint density at radius 1 is 1.37 bits per heavy atom. The molecule has 0 aliphatic rings. The normalized spacial score (nSPS) is 11.6. The first-order chi connectivity index (χ1) is 8.97. The molecule has 0 radical (unpaired) electrons. The number of halogens is 1. The summed E-state index contributed by atoms with van der Waals surface area (Å²) >= 11 is 5.98. The lowest BCUT2D eigenvalue weighted by Crippen LogP contribution is -2.35. The van der Waals surface area contributed by atoms with Crippen LogP contribution in [-0.2, 0) is 0 Å². The molecule has 0 heterocycles. The summed E-state index contributed by atoms with van der Waals surface area (Å²) in [6, 6.07) is 4.44. The third kappa shape index (κ3) is 4.44. The van der Waals surface area contributed by atoms with Gasteiger partial charge in [-0.05, 0) is 31.5 Å². The maximum atomic E-state index is 11.7.